The van der Waals surface area contributed by atoms with Gasteiger partial charge in [0.1, 0.15) is 5.82 Å². The smallest absolute Gasteiger partial charge is 0.296 e. The van der Waals surface area contributed by atoms with Gasteiger partial charge in [-0.25, -0.2) is 14.2 Å². The van der Waals surface area contributed by atoms with E-state index in [4.69, 9.17) is 0 Å². The van der Waals surface area contributed by atoms with E-state index >= 15 is 0 Å². The third-order valence-corrected chi connectivity index (χ3v) is 4.47. The van der Waals surface area contributed by atoms with E-state index in [1.54, 1.807) is 16.9 Å². The maximum atomic E-state index is 12.5. The topological polar surface area (TPSA) is 90.0 Å². The first kappa shape index (κ1) is 14.8. The molecule has 3 aromatic rings. The van der Waals surface area contributed by atoms with Crippen LogP contribution in [0.4, 0.5) is 5.82 Å². The van der Waals surface area contributed by atoms with Crippen LogP contribution in [0, 0.1) is 6.92 Å². The Kier molecular flexibility index (Phi) is 3.72. The highest BCUT2D eigenvalue weighted by atomic mass is 16.2. The molecule has 1 N–H and O–H groups in total. The molecule has 1 fully saturated rings. The zero-order chi connectivity index (χ0) is 16.5. The number of aromatic nitrogens is 6. The highest BCUT2D eigenvalue weighted by Crippen LogP contribution is 2.29. The summed E-state index contributed by atoms with van der Waals surface area (Å²) in [4.78, 5) is 20.8. The number of hydrogen-bond donors (Lipinski definition) is 1. The minimum absolute atomic E-state index is 0.105. The van der Waals surface area contributed by atoms with Crippen LogP contribution in [0.25, 0.3) is 5.78 Å². The normalized spacial score (nSPS) is 15.7. The predicted molar refractivity (Wildman–Crippen MR) is 87.8 cm³/mol. The quantitative estimate of drug-likeness (QED) is 0.798. The molecule has 0 bridgehead atoms. The van der Waals surface area contributed by atoms with Crippen molar-refractivity contribution in [3.05, 3.63) is 36.0 Å². The van der Waals surface area contributed by atoms with Gasteiger partial charge in [-0.15, -0.1) is 5.10 Å². The van der Waals surface area contributed by atoms with Crippen molar-refractivity contribution in [1.82, 2.24) is 29.4 Å². The Labute approximate surface area is 138 Å². The maximum absolute atomic E-state index is 12.5. The van der Waals surface area contributed by atoms with Crippen molar-refractivity contribution < 1.29 is 4.79 Å². The van der Waals surface area contributed by atoms with Gasteiger partial charge in [0.15, 0.2) is 0 Å². The van der Waals surface area contributed by atoms with Crippen LogP contribution in [-0.4, -0.2) is 35.3 Å². The zero-order valence-corrected chi connectivity index (χ0v) is 13.5. The SMILES string of the molecule is Cc1ccnc2nc(C(=O)Nc3ccnn3C3CCCCC3)nn12. The summed E-state index contributed by atoms with van der Waals surface area (Å²) in [6.45, 7) is 1.89. The van der Waals surface area contributed by atoms with Crippen LogP contribution in [0.1, 0.15) is 54.5 Å². The number of carbonyl (C=O) groups is 1. The molecule has 0 saturated heterocycles. The number of hydrogen-bond acceptors (Lipinski definition) is 5. The summed E-state index contributed by atoms with van der Waals surface area (Å²) < 4.78 is 3.48. The second-order valence-electron chi connectivity index (χ2n) is 6.14. The van der Waals surface area contributed by atoms with E-state index in [0.29, 0.717) is 17.6 Å². The molecule has 3 heterocycles. The average molecular weight is 325 g/mol. The second kappa shape index (κ2) is 6.03. The van der Waals surface area contributed by atoms with Gasteiger partial charge in [0.05, 0.1) is 12.2 Å². The summed E-state index contributed by atoms with van der Waals surface area (Å²) in [5, 5.41) is 11.5. The van der Waals surface area contributed by atoms with Crippen LogP contribution in [0.15, 0.2) is 24.5 Å². The third-order valence-electron chi connectivity index (χ3n) is 4.47. The van der Waals surface area contributed by atoms with Crippen LogP contribution in [0.2, 0.25) is 0 Å². The molecule has 0 spiro atoms. The summed E-state index contributed by atoms with van der Waals surface area (Å²) in [5.74, 6) is 0.863. The number of fused-ring (bicyclic) bond motifs is 1. The lowest BCUT2D eigenvalue weighted by Crippen LogP contribution is -2.21. The van der Waals surface area contributed by atoms with Crippen molar-refractivity contribution in [1.29, 1.82) is 0 Å². The fraction of sp³-hybridized carbons (Fsp3) is 0.438. The highest BCUT2D eigenvalue weighted by molar-refractivity contribution is 6.01. The fourth-order valence-electron chi connectivity index (χ4n) is 3.20. The van der Waals surface area contributed by atoms with Crippen LogP contribution in [0.5, 0.6) is 0 Å². The van der Waals surface area contributed by atoms with Crippen molar-refractivity contribution in [3.8, 4) is 0 Å². The molecule has 124 valence electrons. The van der Waals surface area contributed by atoms with Gasteiger partial charge in [-0.1, -0.05) is 19.3 Å². The second-order valence-corrected chi connectivity index (χ2v) is 6.14. The predicted octanol–water partition coefficient (Wildman–Crippen LogP) is 2.39. The molecule has 3 aromatic heterocycles. The first-order valence-electron chi connectivity index (χ1n) is 8.25. The Hall–Kier alpha value is -2.77. The molecule has 24 heavy (non-hydrogen) atoms. The first-order chi connectivity index (χ1) is 11.7. The molecule has 1 aliphatic rings. The molecule has 8 nitrogen and oxygen atoms in total. The number of amides is 1. The molecular formula is C16H19N7O. The molecular weight excluding hydrogens is 306 g/mol. The minimum Gasteiger partial charge on any atom is -0.304 e. The van der Waals surface area contributed by atoms with Gasteiger partial charge in [0, 0.05) is 18.0 Å². The summed E-state index contributed by atoms with van der Waals surface area (Å²) in [5.41, 5.74) is 0.874. The lowest BCUT2D eigenvalue weighted by molar-refractivity contribution is 0.101. The summed E-state index contributed by atoms with van der Waals surface area (Å²) >= 11 is 0. The van der Waals surface area contributed by atoms with E-state index in [9.17, 15) is 4.79 Å². The minimum atomic E-state index is -0.350. The molecule has 1 saturated carbocycles. The van der Waals surface area contributed by atoms with Crippen LogP contribution in [0.3, 0.4) is 0 Å². The lowest BCUT2D eigenvalue weighted by Gasteiger charge is -2.23. The Morgan fingerprint density at radius 3 is 2.83 bits per heavy atom. The first-order valence-corrected chi connectivity index (χ1v) is 8.25. The summed E-state index contributed by atoms with van der Waals surface area (Å²) in [6.07, 6.45) is 9.25. The van der Waals surface area contributed by atoms with E-state index in [-0.39, 0.29) is 11.7 Å². The molecule has 0 aliphatic heterocycles. The van der Waals surface area contributed by atoms with Gasteiger partial charge in [0.2, 0.25) is 5.82 Å². The van der Waals surface area contributed by atoms with E-state index in [2.05, 4.69) is 25.5 Å². The number of aryl methyl sites for hydroxylation is 1. The number of rotatable bonds is 3. The monoisotopic (exact) mass is 325 g/mol. The van der Waals surface area contributed by atoms with Gasteiger partial charge in [0.25, 0.3) is 11.7 Å². The van der Waals surface area contributed by atoms with Gasteiger partial charge >= 0.3 is 0 Å². The Morgan fingerprint density at radius 2 is 2.04 bits per heavy atom. The molecule has 8 heteroatoms. The van der Waals surface area contributed by atoms with E-state index in [1.165, 1.54) is 19.3 Å². The number of anilines is 1. The Bertz CT molecular complexity index is 876. The van der Waals surface area contributed by atoms with Crippen molar-refractivity contribution in [2.24, 2.45) is 0 Å². The molecule has 0 aromatic carbocycles. The van der Waals surface area contributed by atoms with Gasteiger partial charge in [-0.05, 0) is 25.8 Å². The van der Waals surface area contributed by atoms with Crippen LogP contribution < -0.4 is 5.32 Å². The number of carbonyl (C=O) groups excluding carboxylic acids is 1. The fourth-order valence-corrected chi connectivity index (χ4v) is 3.20. The number of nitrogens with zero attached hydrogens (tertiary/aromatic N) is 6. The largest absolute Gasteiger partial charge is 0.304 e. The zero-order valence-electron chi connectivity index (χ0n) is 13.5. The maximum Gasteiger partial charge on any atom is 0.296 e. The molecule has 1 aliphatic carbocycles. The van der Waals surface area contributed by atoms with E-state index in [0.717, 1.165) is 18.5 Å². The Morgan fingerprint density at radius 1 is 1.21 bits per heavy atom. The van der Waals surface area contributed by atoms with Crippen molar-refractivity contribution >= 4 is 17.5 Å². The summed E-state index contributed by atoms with van der Waals surface area (Å²) in [7, 11) is 0. The van der Waals surface area contributed by atoms with Gasteiger partial charge in [-0.3, -0.25) is 4.79 Å². The number of nitrogens with one attached hydrogen (secondary N) is 1. The molecule has 0 atom stereocenters. The van der Waals surface area contributed by atoms with Crippen LogP contribution >= 0.6 is 0 Å². The van der Waals surface area contributed by atoms with E-state index in [1.807, 2.05) is 23.7 Å². The molecule has 4 rings (SSSR count). The van der Waals surface area contributed by atoms with Crippen molar-refractivity contribution in [2.75, 3.05) is 5.32 Å². The Balaban J connectivity index is 1.57. The van der Waals surface area contributed by atoms with E-state index < -0.39 is 0 Å². The molecule has 0 radical (unpaired) electrons. The van der Waals surface area contributed by atoms with Crippen LogP contribution in [-0.2, 0) is 0 Å². The lowest BCUT2D eigenvalue weighted by atomic mass is 9.96. The highest BCUT2D eigenvalue weighted by Gasteiger charge is 2.21. The average Bonchev–Trinajstić information content (AvgIpc) is 3.23. The van der Waals surface area contributed by atoms with Gasteiger partial charge < -0.3 is 5.32 Å². The van der Waals surface area contributed by atoms with Crippen molar-refractivity contribution in [2.45, 2.75) is 45.1 Å². The van der Waals surface area contributed by atoms with Crippen molar-refractivity contribution in [3.63, 3.8) is 0 Å². The molecule has 0 unspecified atom stereocenters. The van der Waals surface area contributed by atoms with Gasteiger partial charge in [-0.2, -0.15) is 10.1 Å². The summed E-state index contributed by atoms with van der Waals surface area (Å²) in [6, 6.07) is 3.98. The molecule has 1 amide bonds. The standard InChI is InChI=1S/C16H19N7O/c1-11-7-9-17-16-20-14(21-22(11)16)15(24)19-13-8-10-18-23(13)12-5-3-2-4-6-12/h7-10,12H,2-6H2,1H3,(H,19,24). The third kappa shape index (κ3) is 2.64.